The van der Waals surface area contributed by atoms with Gasteiger partial charge in [0.1, 0.15) is 11.4 Å². The van der Waals surface area contributed by atoms with Gasteiger partial charge in [-0.2, -0.15) is 0 Å². The highest BCUT2D eigenvalue weighted by Gasteiger charge is 2.23. The summed E-state index contributed by atoms with van der Waals surface area (Å²) in [6, 6.07) is 13.9. The first-order valence-corrected chi connectivity index (χ1v) is 9.25. The first-order chi connectivity index (χ1) is 13.6. The molecule has 0 unspecified atom stereocenters. The van der Waals surface area contributed by atoms with Crippen molar-refractivity contribution in [1.29, 1.82) is 0 Å². The molecule has 2 aromatic carbocycles. The highest BCUT2D eigenvalue weighted by Crippen LogP contribution is 2.18. The SMILES string of the molecule is COc1ccc(/C=C(\NC(=O)c2ccccc2Cl)C(=O)N2CCOCC2)cc1. The molecular formula is C21H21ClN2O4. The van der Waals surface area contributed by atoms with Crippen molar-refractivity contribution < 1.29 is 19.1 Å². The third-order valence-corrected chi connectivity index (χ3v) is 4.65. The van der Waals surface area contributed by atoms with Crippen molar-refractivity contribution in [2.75, 3.05) is 33.4 Å². The van der Waals surface area contributed by atoms with Crippen LogP contribution < -0.4 is 10.1 Å². The maximum Gasteiger partial charge on any atom is 0.270 e. The van der Waals surface area contributed by atoms with Gasteiger partial charge in [-0.25, -0.2) is 0 Å². The molecule has 1 saturated heterocycles. The molecule has 1 fully saturated rings. The van der Waals surface area contributed by atoms with E-state index >= 15 is 0 Å². The van der Waals surface area contributed by atoms with Crippen LogP contribution in [0.4, 0.5) is 0 Å². The minimum absolute atomic E-state index is 0.178. The normalized spacial score (nSPS) is 14.5. The number of amides is 2. The van der Waals surface area contributed by atoms with Crippen LogP contribution in [-0.2, 0) is 9.53 Å². The fourth-order valence-electron chi connectivity index (χ4n) is 2.79. The summed E-state index contributed by atoms with van der Waals surface area (Å²) in [6.07, 6.45) is 1.64. The Morgan fingerprint density at radius 1 is 1.11 bits per heavy atom. The van der Waals surface area contributed by atoms with Gasteiger partial charge in [-0.1, -0.05) is 35.9 Å². The Kier molecular flexibility index (Phi) is 6.68. The van der Waals surface area contributed by atoms with E-state index in [1.807, 2.05) is 12.1 Å². The van der Waals surface area contributed by atoms with Crippen molar-refractivity contribution in [3.8, 4) is 5.75 Å². The van der Waals surface area contributed by atoms with E-state index in [0.29, 0.717) is 42.6 Å². The Morgan fingerprint density at radius 3 is 2.43 bits per heavy atom. The third-order valence-electron chi connectivity index (χ3n) is 4.32. The van der Waals surface area contributed by atoms with Crippen molar-refractivity contribution >= 4 is 29.5 Å². The zero-order chi connectivity index (χ0) is 19.9. The van der Waals surface area contributed by atoms with Crippen molar-refractivity contribution in [2.45, 2.75) is 0 Å². The Morgan fingerprint density at radius 2 is 1.79 bits per heavy atom. The molecule has 2 amide bonds. The van der Waals surface area contributed by atoms with Crippen LogP contribution >= 0.6 is 11.6 Å². The van der Waals surface area contributed by atoms with Gasteiger partial charge in [0.05, 0.1) is 30.9 Å². The molecule has 6 nitrogen and oxygen atoms in total. The fraction of sp³-hybridized carbons (Fsp3) is 0.238. The average Bonchev–Trinajstić information content (AvgIpc) is 2.74. The molecule has 2 aromatic rings. The predicted octanol–water partition coefficient (Wildman–Crippen LogP) is 2.98. The van der Waals surface area contributed by atoms with Crippen molar-refractivity contribution in [3.05, 3.63) is 70.4 Å². The van der Waals surface area contributed by atoms with E-state index in [0.717, 1.165) is 5.56 Å². The van der Waals surface area contributed by atoms with Crippen molar-refractivity contribution in [3.63, 3.8) is 0 Å². The number of hydrogen-bond acceptors (Lipinski definition) is 4. The quantitative estimate of drug-likeness (QED) is 0.783. The summed E-state index contributed by atoms with van der Waals surface area (Å²) in [4.78, 5) is 27.4. The highest BCUT2D eigenvalue weighted by molar-refractivity contribution is 6.34. The molecule has 1 aliphatic heterocycles. The fourth-order valence-corrected chi connectivity index (χ4v) is 3.01. The van der Waals surface area contributed by atoms with Crippen LogP contribution in [-0.4, -0.2) is 50.1 Å². The Labute approximate surface area is 168 Å². The standard InChI is InChI=1S/C21H21ClN2O4/c1-27-16-8-6-15(7-9-16)14-19(21(26)24-10-12-28-13-11-24)23-20(25)17-4-2-3-5-18(17)22/h2-9,14H,10-13H2,1H3,(H,23,25)/b19-14-. The first kappa shape index (κ1) is 19.9. The topological polar surface area (TPSA) is 67.9 Å². The zero-order valence-electron chi connectivity index (χ0n) is 15.5. The molecule has 1 heterocycles. The molecule has 146 valence electrons. The molecule has 1 aliphatic rings. The lowest BCUT2D eigenvalue weighted by Gasteiger charge is -2.28. The summed E-state index contributed by atoms with van der Waals surface area (Å²) >= 11 is 6.12. The lowest BCUT2D eigenvalue weighted by atomic mass is 10.1. The molecule has 1 N–H and O–H groups in total. The number of methoxy groups -OCH3 is 1. The third kappa shape index (κ3) is 4.91. The highest BCUT2D eigenvalue weighted by atomic mass is 35.5. The van der Waals surface area contributed by atoms with E-state index < -0.39 is 5.91 Å². The van der Waals surface area contributed by atoms with Gasteiger partial charge in [-0.3, -0.25) is 9.59 Å². The number of benzene rings is 2. The number of nitrogens with one attached hydrogen (secondary N) is 1. The van der Waals surface area contributed by atoms with E-state index in [9.17, 15) is 9.59 Å². The molecular weight excluding hydrogens is 380 g/mol. The smallest absolute Gasteiger partial charge is 0.270 e. The van der Waals surface area contributed by atoms with E-state index in [2.05, 4.69) is 5.32 Å². The van der Waals surface area contributed by atoms with Crippen LogP contribution in [0.3, 0.4) is 0 Å². The van der Waals surface area contributed by atoms with E-state index in [4.69, 9.17) is 21.1 Å². The second-order valence-electron chi connectivity index (χ2n) is 6.17. The molecule has 0 radical (unpaired) electrons. The van der Waals surface area contributed by atoms with Gasteiger partial charge in [0.2, 0.25) is 0 Å². The Hall–Kier alpha value is -2.83. The lowest BCUT2D eigenvalue weighted by molar-refractivity contribution is -0.131. The molecule has 0 aromatic heterocycles. The minimum Gasteiger partial charge on any atom is -0.497 e. The molecule has 0 saturated carbocycles. The number of ether oxygens (including phenoxy) is 2. The van der Waals surface area contributed by atoms with Gasteiger partial charge in [0.15, 0.2) is 0 Å². The van der Waals surface area contributed by atoms with Crippen molar-refractivity contribution in [1.82, 2.24) is 10.2 Å². The Bertz CT molecular complexity index is 874. The second-order valence-corrected chi connectivity index (χ2v) is 6.58. The number of carbonyl (C=O) groups excluding carboxylic acids is 2. The summed E-state index contributed by atoms with van der Waals surface area (Å²) in [5.41, 5.74) is 1.24. The number of nitrogens with zero attached hydrogens (tertiary/aromatic N) is 1. The lowest BCUT2D eigenvalue weighted by Crippen LogP contribution is -2.44. The van der Waals surface area contributed by atoms with Crippen LogP contribution in [0.2, 0.25) is 5.02 Å². The monoisotopic (exact) mass is 400 g/mol. The van der Waals surface area contributed by atoms with Gasteiger partial charge in [0, 0.05) is 13.1 Å². The molecule has 0 spiro atoms. The number of halogens is 1. The van der Waals surface area contributed by atoms with Gasteiger partial charge in [0.25, 0.3) is 11.8 Å². The number of rotatable bonds is 5. The Balaban J connectivity index is 1.88. The molecule has 0 atom stereocenters. The first-order valence-electron chi connectivity index (χ1n) is 8.87. The zero-order valence-corrected chi connectivity index (χ0v) is 16.2. The summed E-state index contributed by atoms with van der Waals surface area (Å²) in [7, 11) is 1.59. The van der Waals surface area contributed by atoms with Crippen LogP contribution in [0.15, 0.2) is 54.2 Å². The molecule has 0 bridgehead atoms. The minimum atomic E-state index is -0.438. The number of morpholine rings is 1. The van der Waals surface area contributed by atoms with Crippen LogP contribution in [0, 0.1) is 0 Å². The van der Waals surface area contributed by atoms with Gasteiger partial charge in [-0.15, -0.1) is 0 Å². The summed E-state index contributed by atoms with van der Waals surface area (Å²) < 4.78 is 10.5. The maximum atomic E-state index is 13.0. The largest absolute Gasteiger partial charge is 0.497 e. The molecule has 28 heavy (non-hydrogen) atoms. The second kappa shape index (κ2) is 9.39. The summed E-state index contributed by atoms with van der Waals surface area (Å²) in [5, 5.41) is 3.04. The van der Waals surface area contributed by atoms with Crippen LogP contribution in [0.1, 0.15) is 15.9 Å². The number of carbonyl (C=O) groups is 2. The summed E-state index contributed by atoms with van der Waals surface area (Å²) in [6.45, 7) is 1.89. The maximum absolute atomic E-state index is 13.0. The molecule has 0 aliphatic carbocycles. The summed E-state index contributed by atoms with van der Waals surface area (Å²) in [5.74, 6) is 0.00445. The van der Waals surface area contributed by atoms with Gasteiger partial charge in [-0.05, 0) is 35.9 Å². The van der Waals surface area contributed by atoms with Gasteiger partial charge >= 0.3 is 0 Å². The van der Waals surface area contributed by atoms with E-state index in [1.54, 1.807) is 54.5 Å². The van der Waals surface area contributed by atoms with E-state index in [1.165, 1.54) is 0 Å². The van der Waals surface area contributed by atoms with E-state index in [-0.39, 0.29) is 11.6 Å². The van der Waals surface area contributed by atoms with Crippen molar-refractivity contribution in [2.24, 2.45) is 0 Å². The number of hydrogen-bond donors (Lipinski definition) is 1. The van der Waals surface area contributed by atoms with Gasteiger partial charge < -0.3 is 19.7 Å². The average molecular weight is 401 g/mol. The van der Waals surface area contributed by atoms with Crippen LogP contribution in [0.25, 0.3) is 6.08 Å². The molecule has 7 heteroatoms. The predicted molar refractivity (Wildman–Crippen MR) is 107 cm³/mol. The van der Waals surface area contributed by atoms with Crippen LogP contribution in [0.5, 0.6) is 5.75 Å². The molecule has 3 rings (SSSR count).